The number of carbonyl (C=O) groups excluding carboxylic acids is 2. The van der Waals surface area contributed by atoms with Crippen LogP contribution in [-0.2, 0) is 33.1 Å². The van der Waals surface area contributed by atoms with Gasteiger partial charge in [-0.05, 0) is 111 Å². The van der Waals surface area contributed by atoms with Crippen molar-refractivity contribution < 1.29 is 50.5 Å². The second kappa shape index (κ2) is 14.2. The van der Waals surface area contributed by atoms with Gasteiger partial charge in [-0.1, -0.05) is 37.5 Å². The summed E-state index contributed by atoms with van der Waals surface area (Å²) < 4.78 is 95.2. The largest absolute Gasteiger partial charge is 0.456 e. The highest BCUT2D eigenvalue weighted by Gasteiger charge is 2.61. The number of aryl methyl sites for hydroxylation is 1. The summed E-state index contributed by atoms with van der Waals surface area (Å²) in [6.45, 7) is 2.59. The molecule has 0 unspecified atom stereocenters. The summed E-state index contributed by atoms with van der Waals surface area (Å²) >= 11 is 0. The molecule has 2 aromatic carbocycles. The number of pyridine rings is 1. The number of hydrogen-bond donors (Lipinski definition) is 2. The Bertz CT molecular complexity index is 1990. The van der Waals surface area contributed by atoms with Crippen molar-refractivity contribution in [3.63, 3.8) is 0 Å². The van der Waals surface area contributed by atoms with Crippen molar-refractivity contribution >= 4 is 22.8 Å². The van der Waals surface area contributed by atoms with Crippen molar-refractivity contribution in [3.8, 4) is 18.1 Å². The number of terminal acetylenes is 1. The fourth-order valence-electron chi connectivity index (χ4n) is 9.85. The zero-order valence-electron chi connectivity index (χ0n) is 29.8. The first kappa shape index (κ1) is 38.1. The zero-order chi connectivity index (χ0) is 38.6. The molecule has 2 N–H and O–H groups in total. The second-order valence-electron chi connectivity index (χ2n) is 15.5. The molecule has 1 aromatic heterocycles. The number of carbonyl (C=O) groups is 2. The monoisotopic (exact) mass is 756 g/mol. The van der Waals surface area contributed by atoms with Crippen LogP contribution in [0.3, 0.4) is 0 Å². The van der Waals surface area contributed by atoms with Gasteiger partial charge in [0.05, 0.1) is 23.9 Å². The number of rotatable bonds is 7. The summed E-state index contributed by atoms with van der Waals surface area (Å²) in [5.74, 6) is 2.39. The van der Waals surface area contributed by atoms with Gasteiger partial charge in [0.2, 0.25) is 0 Å². The molecule has 2 heterocycles. The van der Waals surface area contributed by atoms with Crippen molar-refractivity contribution in [2.75, 3.05) is 6.54 Å². The maximum absolute atomic E-state index is 14.0. The molecule has 13 heteroatoms. The second-order valence-corrected chi connectivity index (χ2v) is 15.5. The van der Waals surface area contributed by atoms with Crippen molar-refractivity contribution in [2.24, 2.45) is 17.3 Å². The Morgan fingerprint density at radius 1 is 1.00 bits per heavy atom. The minimum Gasteiger partial charge on any atom is -0.456 e. The van der Waals surface area contributed by atoms with E-state index in [0.29, 0.717) is 61.4 Å². The van der Waals surface area contributed by atoms with Crippen LogP contribution in [0, 0.1) is 29.6 Å². The van der Waals surface area contributed by atoms with Crippen LogP contribution in [0.2, 0.25) is 0 Å². The summed E-state index contributed by atoms with van der Waals surface area (Å²) in [7, 11) is 0. The lowest BCUT2D eigenvalue weighted by molar-refractivity contribution is -0.153. The maximum Gasteiger partial charge on any atom is 0.433 e. The lowest BCUT2D eigenvalue weighted by Gasteiger charge is -2.52. The number of hydrogen-bond acceptors (Lipinski definition) is 7. The maximum atomic E-state index is 14.0. The number of fused-ring (bicyclic) bond motifs is 6. The number of nitrogens with one attached hydrogen (secondary N) is 1. The van der Waals surface area contributed by atoms with E-state index in [2.05, 4.69) is 23.1 Å². The van der Waals surface area contributed by atoms with Crippen molar-refractivity contribution in [1.29, 1.82) is 0 Å². The highest BCUT2D eigenvalue weighted by molar-refractivity contribution is 5.87. The average molecular weight is 757 g/mol. The summed E-state index contributed by atoms with van der Waals surface area (Å²) in [5, 5.41) is 14.1. The van der Waals surface area contributed by atoms with E-state index in [1.54, 1.807) is 6.07 Å². The first-order valence-corrected chi connectivity index (χ1v) is 18.6. The van der Waals surface area contributed by atoms with Gasteiger partial charge in [0, 0.05) is 22.4 Å². The molecule has 4 aliphatic rings. The van der Waals surface area contributed by atoms with Gasteiger partial charge >= 0.3 is 24.3 Å². The van der Waals surface area contributed by atoms with Crippen LogP contribution in [0.25, 0.3) is 10.9 Å². The first-order valence-electron chi connectivity index (χ1n) is 18.6. The molecule has 0 bridgehead atoms. The normalized spacial score (nSPS) is 28.6. The van der Waals surface area contributed by atoms with E-state index in [0.717, 1.165) is 50.2 Å². The van der Waals surface area contributed by atoms with Gasteiger partial charge in [-0.25, -0.2) is 4.98 Å². The summed E-state index contributed by atoms with van der Waals surface area (Å²) in [4.78, 5) is 29.6. The molecule has 7 rings (SSSR count). The van der Waals surface area contributed by atoms with Gasteiger partial charge in [0.1, 0.15) is 23.1 Å². The molecular weight excluding hydrogens is 714 g/mol. The fourth-order valence-corrected chi connectivity index (χ4v) is 9.85. The highest BCUT2D eigenvalue weighted by atomic mass is 19.4. The van der Waals surface area contributed by atoms with Crippen molar-refractivity contribution in [1.82, 2.24) is 10.3 Å². The number of alkyl halides is 6. The number of piperidine rings is 1. The van der Waals surface area contributed by atoms with Crippen LogP contribution in [0.1, 0.15) is 111 Å². The standard InChI is InChI=1S/C41H42F6N2O5/c1-3-39(52)19-17-30-27-12-10-23-21-24(11-13-25(23)26(27)16-18-38(30,39)2)53-34(50)14-15-35(51)54-37(32-9-4-5-20-48-32)29-22-33(41(45,46)47)49-36-28(29)7-6-8-31(36)40(42,43)44/h1,6-8,11,13,21-22,26-27,30,32,37,48,52H,4-5,9-10,12,14-20H2,2H3/t26-,27-,30+,32+,37-,38+,39+/m1/s1. The van der Waals surface area contributed by atoms with Crippen LogP contribution in [-0.4, -0.2) is 40.2 Å². The van der Waals surface area contributed by atoms with E-state index >= 15 is 0 Å². The third-order valence-corrected chi connectivity index (χ3v) is 12.6. The number of ether oxygens (including phenoxy) is 2. The topological polar surface area (TPSA) is 97.8 Å². The number of aliphatic hydroxyl groups is 1. The molecule has 288 valence electrons. The van der Waals surface area contributed by atoms with Gasteiger partial charge in [-0.3, -0.25) is 9.59 Å². The third-order valence-electron chi connectivity index (χ3n) is 12.6. The van der Waals surface area contributed by atoms with Crippen LogP contribution < -0.4 is 10.1 Å². The minimum atomic E-state index is -5.08. The Morgan fingerprint density at radius 2 is 1.78 bits per heavy atom. The molecule has 0 spiro atoms. The van der Waals surface area contributed by atoms with Crippen LogP contribution in [0.15, 0.2) is 42.5 Å². The zero-order valence-corrected chi connectivity index (χ0v) is 29.8. The number of nitrogens with zero attached hydrogens (tertiary/aromatic N) is 1. The molecule has 0 amide bonds. The molecule has 54 heavy (non-hydrogen) atoms. The van der Waals surface area contributed by atoms with Crippen LogP contribution >= 0.6 is 0 Å². The Labute approximate surface area is 309 Å². The van der Waals surface area contributed by atoms with E-state index in [-0.39, 0.29) is 16.4 Å². The summed E-state index contributed by atoms with van der Waals surface area (Å²) in [6, 6.07) is 8.46. The smallest absolute Gasteiger partial charge is 0.433 e. The molecule has 2 saturated carbocycles. The van der Waals surface area contributed by atoms with Gasteiger partial charge in [-0.2, -0.15) is 26.3 Å². The number of esters is 2. The quantitative estimate of drug-likeness (QED) is 0.108. The minimum absolute atomic E-state index is 0.222. The Morgan fingerprint density at radius 3 is 2.48 bits per heavy atom. The number of para-hydroxylation sites is 1. The Hall–Kier alpha value is -4.15. The molecule has 1 saturated heterocycles. The highest BCUT2D eigenvalue weighted by Crippen LogP contribution is 2.64. The van der Waals surface area contributed by atoms with Gasteiger partial charge < -0.3 is 19.9 Å². The summed E-state index contributed by atoms with van der Waals surface area (Å²) in [5.41, 5.74) is -3.17. The SMILES string of the molecule is C#C[C@]1(O)CC[C@H]2[C@@H]3CCc4cc(OC(=O)CCC(=O)O[C@H](c5cc(C(F)(F)F)nc6c(C(F)(F)F)cccc56)[C@@H]5CCCCN5)ccc4[C@H]3CC[C@@]21C. The molecule has 1 aliphatic heterocycles. The van der Waals surface area contributed by atoms with E-state index in [4.69, 9.17) is 15.9 Å². The molecular formula is C41H42F6N2O5. The number of aromatic nitrogens is 1. The molecule has 3 fully saturated rings. The molecule has 7 atom stereocenters. The Balaban J connectivity index is 1.05. The van der Waals surface area contributed by atoms with E-state index < -0.39 is 71.7 Å². The lowest BCUT2D eigenvalue weighted by Crippen LogP contribution is -2.50. The third kappa shape index (κ3) is 6.96. The van der Waals surface area contributed by atoms with Crippen LogP contribution in [0.4, 0.5) is 26.3 Å². The average Bonchev–Trinajstić information content (AvgIpc) is 3.42. The molecule has 3 aliphatic carbocycles. The fraction of sp³-hybridized carbons (Fsp3) is 0.537. The molecule has 3 aromatic rings. The predicted octanol–water partition coefficient (Wildman–Crippen LogP) is 8.61. The van der Waals surface area contributed by atoms with Gasteiger partial charge in [0.15, 0.2) is 0 Å². The lowest BCUT2D eigenvalue weighted by atomic mass is 9.53. The first-order chi connectivity index (χ1) is 25.5. The molecule has 0 radical (unpaired) electrons. The Kier molecular flexibility index (Phi) is 10.0. The molecule has 7 nitrogen and oxygen atoms in total. The van der Waals surface area contributed by atoms with Crippen molar-refractivity contribution in [3.05, 3.63) is 70.4 Å². The summed E-state index contributed by atoms with van der Waals surface area (Å²) in [6.07, 6.45) is 0.149. The number of halogens is 6. The predicted molar refractivity (Wildman–Crippen MR) is 186 cm³/mol. The van der Waals surface area contributed by atoms with Crippen LogP contribution in [0.5, 0.6) is 5.75 Å². The van der Waals surface area contributed by atoms with E-state index in [9.17, 15) is 41.0 Å². The number of benzene rings is 2. The van der Waals surface area contributed by atoms with Gasteiger partial charge in [0.25, 0.3) is 0 Å². The van der Waals surface area contributed by atoms with E-state index in [1.165, 1.54) is 11.6 Å². The van der Waals surface area contributed by atoms with E-state index in [1.807, 2.05) is 12.1 Å². The van der Waals surface area contributed by atoms with Gasteiger partial charge in [-0.15, -0.1) is 6.42 Å². The van der Waals surface area contributed by atoms with Crippen molar-refractivity contribution in [2.45, 2.75) is 114 Å².